The third-order valence-corrected chi connectivity index (χ3v) is 7.33. The first kappa shape index (κ1) is 21.4. The van der Waals surface area contributed by atoms with Crippen LogP contribution in [0.3, 0.4) is 0 Å². The van der Waals surface area contributed by atoms with Crippen LogP contribution in [0.25, 0.3) is 0 Å². The second-order valence-electron chi connectivity index (χ2n) is 7.12. The Labute approximate surface area is 190 Å². The Morgan fingerprint density at radius 3 is 2.45 bits per heavy atom. The monoisotopic (exact) mass is 500 g/mol. The van der Waals surface area contributed by atoms with Gasteiger partial charge in [0.1, 0.15) is 5.75 Å². The number of carbonyl (C=O) groups is 1. The molecule has 1 aliphatic heterocycles. The van der Waals surface area contributed by atoms with Crippen LogP contribution in [0, 0.1) is 0 Å². The summed E-state index contributed by atoms with van der Waals surface area (Å²) in [6.07, 6.45) is 1.65. The van der Waals surface area contributed by atoms with Crippen molar-refractivity contribution in [3.63, 3.8) is 0 Å². The molecule has 1 aliphatic rings. The van der Waals surface area contributed by atoms with E-state index in [0.717, 1.165) is 28.6 Å². The lowest BCUT2D eigenvalue weighted by molar-refractivity contribution is -0.118. The summed E-state index contributed by atoms with van der Waals surface area (Å²) >= 11 is 3.34. The Hall–Kier alpha value is -2.84. The minimum absolute atomic E-state index is 0.179. The molecular weight excluding hydrogens is 480 g/mol. The second-order valence-corrected chi connectivity index (χ2v) is 9.90. The summed E-state index contributed by atoms with van der Waals surface area (Å²) in [6.45, 7) is 0.273. The molecule has 0 fully saturated rings. The average molecular weight is 501 g/mol. The highest BCUT2D eigenvalue weighted by molar-refractivity contribution is 9.10. The highest BCUT2D eigenvalue weighted by Crippen LogP contribution is 2.32. The number of carbonyl (C=O) groups excluding carboxylic acids is 1. The Bertz CT molecular complexity index is 1180. The van der Waals surface area contributed by atoms with Crippen molar-refractivity contribution in [3.8, 4) is 5.75 Å². The van der Waals surface area contributed by atoms with Crippen molar-refractivity contribution < 1.29 is 17.9 Å². The van der Waals surface area contributed by atoms with Gasteiger partial charge in [0.2, 0.25) is 0 Å². The maximum Gasteiger partial charge on any atom is 0.264 e. The van der Waals surface area contributed by atoms with Crippen LogP contribution in [0.5, 0.6) is 5.75 Å². The van der Waals surface area contributed by atoms with Crippen molar-refractivity contribution in [1.82, 2.24) is 0 Å². The van der Waals surface area contributed by atoms with Gasteiger partial charge in [0.15, 0.2) is 6.61 Å². The van der Waals surface area contributed by atoms with E-state index >= 15 is 0 Å². The van der Waals surface area contributed by atoms with E-state index in [0.29, 0.717) is 18.0 Å². The third-order valence-electron chi connectivity index (χ3n) is 4.98. The fraction of sp³-hybridized carbons (Fsp3) is 0.174. The van der Waals surface area contributed by atoms with E-state index in [1.165, 1.54) is 16.4 Å². The van der Waals surface area contributed by atoms with Gasteiger partial charge >= 0.3 is 0 Å². The van der Waals surface area contributed by atoms with Gasteiger partial charge in [-0.1, -0.05) is 34.1 Å². The van der Waals surface area contributed by atoms with E-state index in [1.807, 2.05) is 36.4 Å². The van der Waals surface area contributed by atoms with Gasteiger partial charge < -0.3 is 10.1 Å². The molecule has 1 N–H and O–H groups in total. The van der Waals surface area contributed by atoms with Crippen LogP contribution in [0.15, 0.2) is 82.2 Å². The van der Waals surface area contributed by atoms with Crippen LogP contribution in [0.4, 0.5) is 11.4 Å². The molecule has 1 heterocycles. The number of nitrogens with one attached hydrogen (secondary N) is 1. The molecule has 0 saturated heterocycles. The smallest absolute Gasteiger partial charge is 0.264 e. The van der Waals surface area contributed by atoms with E-state index in [-0.39, 0.29) is 17.4 Å². The second kappa shape index (κ2) is 9.11. The Morgan fingerprint density at radius 1 is 1.00 bits per heavy atom. The molecule has 3 aromatic rings. The SMILES string of the molecule is O=C(COc1ccc(S(=O)(=O)N2CCCc3ccccc32)cc1)Nc1ccc(Br)cc1. The van der Waals surface area contributed by atoms with E-state index < -0.39 is 10.0 Å². The van der Waals surface area contributed by atoms with Crippen LogP contribution in [-0.2, 0) is 21.2 Å². The number of halogens is 1. The van der Waals surface area contributed by atoms with Gasteiger partial charge in [-0.15, -0.1) is 0 Å². The molecule has 4 rings (SSSR count). The molecule has 0 aliphatic carbocycles. The number of hydrogen-bond donors (Lipinski definition) is 1. The van der Waals surface area contributed by atoms with Gasteiger partial charge in [-0.05, 0) is 73.0 Å². The number of benzene rings is 3. The first-order chi connectivity index (χ1) is 14.9. The average Bonchev–Trinajstić information content (AvgIpc) is 2.79. The lowest BCUT2D eigenvalue weighted by Gasteiger charge is -2.30. The number of sulfonamides is 1. The normalized spacial score (nSPS) is 13.4. The summed E-state index contributed by atoms with van der Waals surface area (Å²) in [6, 6.07) is 20.9. The molecule has 0 atom stereocenters. The van der Waals surface area contributed by atoms with Gasteiger partial charge in [0.05, 0.1) is 10.6 Å². The predicted octanol–water partition coefficient (Wildman–Crippen LogP) is 4.61. The minimum atomic E-state index is -3.67. The maximum atomic E-state index is 13.2. The number of para-hydroxylation sites is 1. The number of aryl methyl sites for hydroxylation is 1. The van der Waals surface area contributed by atoms with E-state index in [4.69, 9.17) is 4.74 Å². The topological polar surface area (TPSA) is 75.7 Å². The van der Waals surface area contributed by atoms with E-state index in [1.54, 1.807) is 24.3 Å². The van der Waals surface area contributed by atoms with E-state index in [2.05, 4.69) is 21.2 Å². The summed E-state index contributed by atoms with van der Waals surface area (Å²) in [5.74, 6) is 0.118. The fourth-order valence-corrected chi connectivity index (χ4v) is 5.27. The van der Waals surface area contributed by atoms with Crippen molar-refractivity contribution in [2.75, 3.05) is 22.8 Å². The number of rotatable bonds is 6. The van der Waals surface area contributed by atoms with Crippen LogP contribution in [0.1, 0.15) is 12.0 Å². The number of nitrogens with zero attached hydrogens (tertiary/aromatic N) is 1. The molecule has 160 valence electrons. The maximum absolute atomic E-state index is 13.2. The zero-order valence-corrected chi connectivity index (χ0v) is 19.0. The van der Waals surface area contributed by atoms with Crippen LogP contribution in [-0.4, -0.2) is 27.5 Å². The van der Waals surface area contributed by atoms with Gasteiger partial charge in [-0.25, -0.2) is 8.42 Å². The molecule has 0 spiro atoms. The van der Waals surface area contributed by atoms with Crippen LogP contribution in [0.2, 0.25) is 0 Å². The summed E-state index contributed by atoms with van der Waals surface area (Å²) in [5.41, 5.74) is 2.44. The lowest BCUT2D eigenvalue weighted by atomic mass is 10.0. The van der Waals surface area contributed by atoms with Crippen LogP contribution < -0.4 is 14.4 Å². The summed E-state index contributed by atoms with van der Waals surface area (Å²) in [5, 5.41) is 2.74. The number of ether oxygens (including phenoxy) is 1. The largest absolute Gasteiger partial charge is 0.484 e. The first-order valence-corrected chi connectivity index (χ1v) is 12.1. The lowest BCUT2D eigenvalue weighted by Crippen LogP contribution is -2.35. The molecule has 31 heavy (non-hydrogen) atoms. The van der Waals surface area contributed by atoms with Crippen molar-refractivity contribution in [1.29, 1.82) is 0 Å². The molecule has 0 bridgehead atoms. The number of anilines is 2. The summed E-state index contributed by atoms with van der Waals surface area (Å²) in [4.78, 5) is 12.3. The van der Waals surface area contributed by atoms with Gasteiger partial charge in [-0.3, -0.25) is 9.10 Å². The van der Waals surface area contributed by atoms with Gasteiger partial charge in [0.25, 0.3) is 15.9 Å². The Morgan fingerprint density at radius 2 is 1.71 bits per heavy atom. The van der Waals surface area contributed by atoms with Crippen molar-refractivity contribution in [3.05, 3.63) is 82.8 Å². The Kier molecular flexibility index (Phi) is 6.29. The molecule has 6 nitrogen and oxygen atoms in total. The quantitative estimate of drug-likeness (QED) is 0.536. The molecule has 0 saturated carbocycles. The standard InChI is InChI=1S/C23H21BrN2O4S/c24-18-7-9-19(10-8-18)25-23(27)16-30-20-11-13-21(14-12-20)31(28,29)26-15-3-5-17-4-1-2-6-22(17)26/h1-2,4,6-14H,3,5,15-16H2,(H,25,27). The zero-order valence-electron chi connectivity index (χ0n) is 16.6. The van der Waals surface area contributed by atoms with Crippen molar-refractivity contribution >= 4 is 43.2 Å². The van der Waals surface area contributed by atoms with E-state index in [9.17, 15) is 13.2 Å². The fourth-order valence-electron chi connectivity index (χ4n) is 3.46. The molecule has 1 amide bonds. The molecule has 0 radical (unpaired) electrons. The molecule has 0 unspecified atom stereocenters. The summed E-state index contributed by atoms with van der Waals surface area (Å²) < 4.78 is 34.2. The molecule has 8 heteroatoms. The summed E-state index contributed by atoms with van der Waals surface area (Å²) in [7, 11) is -3.67. The molecule has 3 aromatic carbocycles. The number of amides is 1. The number of fused-ring (bicyclic) bond motifs is 1. The van der Waals surface area contributed by atoms with Crippen molar-refractivity contribution in [2.45, 2.75) is 17.7 Å². The zero-order chi connectivity index (χ0) is 21.8. The van der Waals surface area contributed by atoms with Gasteiger partial charge in [-0.2, -0.15) is 0 Å². The highest BCUT2D eigenvalue weighted by Gasteiger charge is 2.28. The molecule has 0 aromatic heterocycles. The minimum Gasteiger partial charge on any atom is -0.484 e. The van der Waals surface area contributed by atoms with Crippen LogP contribution >= 0.6 is 15.9 Å². The Balaban J connectivity index is 1.41. The number of hydrogen-bond acceptors (Lipinski definition) is 4. The third kappa shape index (κ3) is 4.91. The first-order valence-electron chi connectivity index (χ1n) is 9.82. The highest BCUT2D eigenvalue weighted by atomic mass is 79.9. The van der Waals surface area contributed by atoms with Crippen molar-refractivity contribution in [2.24, 2.45) is 0 Å². The molecular formula is C23H21BrN2O4S. The van der Waals surface area contributed by atoms with Gasteiger partial charge in [0, 0.05) is 16.7 Å². The predicted molar refractivity (Wildman–Crippen MR) is 124 cm³/mol.